The normalized spacial score (nSPS) is 10.6. The number of carboxylic acid groups (broad SMARTS) is 1. The minimum Gasteiger partial charge on any atom is -0.492 e. The molecule has 2 rings (SSSR count). The summed E-state index contributed by atoms with van der Waals surface area (Å²) in [5, 5.41) is 8.53. The van der Waals surface area contributed by atoms with Crippen LogP contribution in [0.3, 0.4) is 0 Å². The Hall–Kier alpha value is -2.48. The van der Waals surface area contributed by atoms with Gasteiger partial charge in [0.15, 0.2) is 17.3 Å². The number of benzene rings is 1. The summed E-state index contributed by atoms with van der Waals surface area (Å²) in [6.45, 7) is 0. The second-order valence-electron chi connectivity index (χ2n) is 4.12. The molecule has 0 aliphatic carbocycles. The lowest BCUT2D eigenvalue weighted by molar-refractivity contribution is 0.0686. The first kappa shape index (κ1) is 15.9. The first-order valence-electron chi connectivity index (χ1n) is 5.69. The van der Waals surface area contributed by atoms with E-state index in [1.807, 2.05) is 0 Å². The smallest absolute Gasteiger partial charge is 0.358 e. The van der Waals surface area contributed by atoms with Crippen LogP contribution in [0.4, 0.5) is 18.9 Å². The molecule has 0 saturated heterocycles. The maximum Gasteiger partial charge on any atom is 0.358 e. The Morgan fingerprint density at radius 3 is 2.50 bits per heavy atom. The Morgan fingerprint density at radius 1 is 1.32 bits per heavy atom. The molecule has 5 nitrogen and oxygen atoms in total. The fraction of sp³-hybridized carbons (Fsp3) is 0.0769. The summed E-state index contributed by atoms with van der Waals surface area (Å²) in [6.07, 6.45) is 0. The summed E-state index contributed by atoms with van der Waals surface area (Å²) < 4.78 is 46.2. The predicted octanol–water partition coefficient (Wildman–Crippen LogP) is 3.11. The van der Waals surface area contributed by atoms with Gasteiger partial charge in [-0.1, -0.05) is 11.6 Å². The van der Waals surface area contributed by atoms with E-state index in [1.54, 1.807) is 0 Å². The SMILES string of the molecule is COc1c(C(=O)O)nc(-c2cc(F)c(Cl)cc2F)c(F)c1N. The van der Waals surface area contributed by atoms with Gasteiger partial charge in [-0.25, -0.2) is 22.9 Å². The number of halogens is 4. The van der Waals surface area contributed by atoms with Gasteiger partial charge in [-0.05, 0) is 12.1 Å². The van der Waals surface area contributed by atoms with Crippen LogP contribution < -0.4 is 10.5 Å². The summed E-state index contributed by atoms with van der Waals surface area (Å²) in [7, 11) is 1.07. The van der Waals surface area contributed by atoms with E-state index in [1.165, 1.54) is 0 Å². The molecule has 0 radical (unpaired) electrons. The molecule has 1 aromatic carbocycles. The van der Waals surface area contributed by atoms with E-state index in [4.69, 9.17) is 22.4 Å². The number of ether oxygens (including phenoxy) is 1. The zero-order valence-electron chi connectivity index (χ0n) is 11.0. The molecule has 0 bridgehead atoms. The number of nitrogen functional groups attached to an aromatic ring is 1. The van der Waals surface area contributed by atoms with Gasteiger partial charge in [0.05, 0.1) is 12.1 Å². The molecule has 2 aromatic rings. The minimum atomic E-state index is -1.57. The molecule has 1 aromatic heterocycles. The summed E-state index contributed by atoms with van der Waals surface area (Å²) in [5.41, 5.74) is 2.66. The van der Waals surface area contributed by atoms with Gasteiger partial charge in [-0.3, -0.25) is 0 Å². The highest BCUT2D eigenvalue weighted by Gasteiger charge is 2.25. The van der Waals surface area contributed by atoms with E-state index in [-0.39, 0.29) is 0 Å². The van der Waals surface area contributed by atoms with E-state index < -0.39 is 56.8 Å². The Morgan fingerprint density at radius 2 is 1.95 bits per heavy atom. The molecule has 0 aliphatic heterocycles. The summed E-state index contributed by atoms with van der Waals surface area (Å²) >= 11 is 5.41. The fourth-order valence-corrected chi connectivity index (χ4v) is 1.95. The van der Waals surface area contributed by atoms with Crippen LogP contribution in [0.5, 0.6) is 5.75 Å². The van der Waals surface area contributed by atoms with Gasteiger partial charge in [0.25, 0.3) is 0 Å². The maximum absolute atomic E-state index is 14.2. The molecule has 9 heteroatoms. The van der Waals surface area contributed by atoms with Crippen molar-refractivity contribution in [1.82, 2.24) is 4.98 Å². The minimum absolute atomic E-state index is 0.511. The van der Waals surface area contributed by atoms with Crippen molar-refractivity contribution in [3.8, 4) is 17.0 Å². The Balaban J connectivity index is 2.82. The Labute approximate surface area is 127 Å². The van der Waals surface area contributed by atoms with Crippen LogP contribution in [-0.4, -0.2) is 23.2 Å². The second-order valence-corrected chi connectivity index (χ2v) is 4.53. The standard InChI is InChI=1S/C13H8ClF3N2O3/c1-22-12-9(18)8(17)10(19-11(12)13(20)21)4-2-7(16)5(14)3-6(4)15/h2-3H,1H3,(H2,18,19)(H,20,21). The molecule has 1 heterocycles. The zero-order valence-corrected chi connectivity index (χ0v) is 11.7. The fourth-order valence-electron chi connectivity index (χ4n) is 1.80. The van der Waals surface area contributed by atoms with Crippen LogP contribution in [0.2, 0.25) is 5.02 Å². The molecule has 116 valence electrons. The number of carbonyl (C=O) groups is 1. The van der Waals surface area contributed by atoms with E-state index in [0.717, 1.165) is 7.11 Å². The van der Waals surface area contributed by atoms with E-state index in [9.17, 15) is 18.0 Å². The maximum atomic E-state index is 14.2. The number of pyridine rings is 1. The number of nitrogens with two attached hydrogens (primary N) is 1. The van der Waals surface area contributed by atoms with Gasteiger partial charge in [0.1, 0.15) is 23.0 Å². The highest BCUT2D eigenvalue weighted by molar-refractivity contribution is 6.30. The van der Waals surface area contributed by atoms with Crippen molar-refractivity contribution in [3.63, 3.8) is 0 Å². The number of hydrogen-bond acceptors (Lipinski definition) is 4. The third kappa shape index (κ3) is 2.52. The van der Waals surface area contributed by atoms with Crippen molar-refractivity contribution in [1.29, 1.82) is 0 Å². The average molecular weight is 333 g/mol. The number of methoxy groups -OCH3 is 1. The highest BCUT2D eigenvalue weighted by Crippen LogP contribution is 2.36. The van der Waals surface area contributed by atoms with Crippen molar-refractivity contribution in [2.24, 2.45) is 0 Å². The van der Waals surface area contributed by atoms with Crippen molar-refractivity contribution < 1.29 is 27.8 Å². The van der Waals surface area contributed by atoms with Gasteiger partial charge in [-0.2, -0.15) is 0 Å². The highest BCUT2D eigenvalue weighted by atomic mass is 35.5. The van der Waals surface area contributed by atoms with Crippen molar-refractivity contribution in [2.45, 2.75) is 0 Å². The summed E-state index contributed by atoms with van der Waals surface area (Å²) in [6, 6.07) is 1.22. The first-order chi connectivity index (χ1) is 10.3. The number of aromatic carboxylic acids is 1. The lowest BCUT2D eigenvalue weighted by atomic mass is 10.1. The van der Waals surface area contributed by atoms with Crippen molar-refractivity contribution in [3.05, 3.63) is 40.3 Å². The third-order valence-electron chi connectivity index (χ3n) is 2.80. The van der Waals surface area contributed by atoms with Gasteiger partial charge in [0.2, 0.25) is 0 Å². The van der Waals surface area contributed by atoms with Crippen molar-refractivity contribution >= 4 is 23.3 Å². The molecule has 0 unspecified atom stereocenters. The quantitative estimate of drug-likeness (QED) is 0.843. The number of aromatic nitrogens is 1. The topological polar surface area (TPSA) is 85.4 Å². The first-order valence-corrected chi connectivity index (χ1v) is 6.06. The van der Waals surface area contributed by atoms with Gasteiger partial charge < -0.3 is 15.6 Å². The van der Waals surface area contributed by atoms with E-state index >= 15 is 0 Å². The lowest BCUT2D eigenvalue weighted by Crippen LogP contribution is -2.10. The van der Waals surface area contributed by atoms with Crippen LogP contribution in [0, 0.1) is 17.5 Å². The number of nitrogens with zero attached hydrogens (tertiary/aromatic N) is 1. The Kier molecular flexibility index (Phi) is 4.14. The molecule has 22 heavy (non-hydrogen) atoms. The monoisotopic (exact) mass is 332 g/mol. The molecule has 0 spiro atoms. The molecular formula is C13H8ClF3N2O3. The molecule has 3 N–H and O–H groups in total. The third-order valence-corrected chi connectivity index (χ3v) is 3.09. The second kappa shape index (κ2) is 5.72. The zero-order chi connectivity index (χ0) is 16.6. The van der Waals surface area contributed by atoms with Crippen LogP contribution in [0.15, 0.2) is 12.1 Å². The Bertz CT molecular complexity index is 784. The molecule has 0 saturated carbocycles. The number of rotatable bonds is 3. The molecule has 0 amide bonds. The van der Waals surface area contributed by atoms with Crippen LogP contribution in [0.1, 0.15) is 10.5 Å². The molecular weight excluding hydrogens is 325 g/mol. The van der Waals surface area contributed by atoms with Gasteiger partial charge in [-0.15, -0.1) is 0 Å². The number of carboxylic acids is 1. The number of hydrogen-bond donors (Lipinski definition) is 2. The summed E-state index contributed by atoms with van der Waals surface area (Å²) in [4.78, 5) is 14.6. The van der Waals surface area contributed by atoms with Gasteiger partial charge in [0, 0.05) is 5.56 Å². The molecule has 0 atom stereocenters. The van der Waals surface area contributed by atoms with Crippen LogP contribution in [0.25, 0.3) is 11.3 Å². The molecule has 0 aliphatic rings. The molecule has 0 fully saturated rings. The van der Waals surface area contributed by atoms with Gasteiger partial charge >= 0.3 is 5.97 Å². The summed E-state index contributed by atoms with van der Waals surface area (Å²) in [5.74, 6) is -5.42. The van der Waals surface area contributed by atoms with Crippen molar-refractivity contribution in [2.75, 3.05) is 12.8 Å². The van der Waals surface area contributed by atoms with Crippen LogP contribution >= 0.6 is 11.6 Å². The predicted molar refractivity (Wildman–Crippen MR) is 72.5 cm³/mol. The number of anilines is 1. The van der Waals surface area contributed by atoms with E-state index in [2.05, 4.69) is 9.72 Å². The average Bonchev–Trinajstić information content (AvgIpc) is 2.45. The van der Waals surface area contributed by atoms with E-state index in [0.29, 0.717) is 12.1 Å². The van der Waals surface area contributed by atoms with Crippen LogP contribution in [-0.2, 0) is 0 Å². The lowest BCUT2D eigenvalue weighted by Gasteiger charge is -2.12. The largest absolute Gasteiger partial charge is 0.492 e.